The summed E-state index contributed by atoms with van der Waals surface area (Å²) < 4.78 is 10.8. The van der Waals surface area contributed by atoms with Gasteiger partial charge in [-0.25, -0.2) is 0 Å². The van der Waals surface area contributed by atoms with Crippen LogP contribution in [0.1, 0.15) is 32.8 Å². The zero-order valence-electron chi connectivity index (χ0n) is 12.8. The number of nitrogens with two attached hydrogens (primary N) is 1. The molecule has 1 aromatic rings. The van der Waals surface area contributed by atoms with E-state index in [4.69, 9.17) is 15.2 Å². The number of ether oxygens (including phenoxy) is 2. The monoisotopic (exact) mass is 278 g/mol. The molecule has 0 saturated heterocycles. The summed E-state index contributed by atoms with van der Waals surface area (Å²) in [6.45, 7) is 10.7. The quantitative estimate of drug-likeness (QED) is 0.833. The van der Waals surface area contributed by atoms with E-state index in [-0.39, 0.29) is 5.41 Å². The topological polar surface area (TPSA) is 47.7 Å². The molecule has 2 rings (SSSR count). The molecule has 0 saturated carbocycles. The van der Waals surface area contributed by atoms with Gasteiger partial charge in [-0.1, -0.05) is 26.8 Å². The number of nitrogens with zero attached hydrogens (tertiary/aromatic N) is 1. The molecule has 20 heavy (non-hydrogen) atoms. The molecule has 4 nitrogen and oxygen atoms in total. The lowest BCUT2D eigenvalue weighted by Gasteiger charge is -2.31. The van der Waals surface area contributed by atoms with E-state index in [0.29, 0.717) is 13.3 Å². The van der Waals surface area contributed by atoms with Crippen molar-refractivity contribution >= 4 is 0 Å². The summed E-state index contributed by atoms with van der Waals surface area (Å²) in [5.74, 6) is 1.70. The van der Waals surface area contributed by atoms with Gasteiger partial charge < -0.3 is 15.2 Å². The van der Waals surface area contributed by atoms with Gasteiger partial charge >= 0.3 is 0 Å². The Labute approximate surface area is 121 Å². The van der Waals surface area contributed by atoms with E-state index in [1.807, 2.05) is 6.07 Å². The molecule has 4 heteroatoms. The second kappa shape index (κ2) is 6.46. The Morgan fingerprint density at radius 2 is 2.00 bits per heavy atom. The molecule has 112 valence electrons. The zero-order valence-corrected chi connectivity index (χ0v) is 12.8. The maximum atomic E-state index is 5.85. The number of fused-ring (bicyclic) bond motifs is 1. The van der Waals surface area contributed by atoms with Crippen molar-refractivity contribution < 1.29 is 9.47 Å². The van der Waals surface area contributed by atoms with Gasteiger partial charge in [-0.2, -0.15) is 0 Å². The van der Waals surface area contributed by atoms with Gasteiger partial charge in [0, 0.05) is 13.1 Å². The van der Waals surface area contributed by atoms with Crippen molar-refractivity contribution in [1.82, 2.24) is 4.90 Å². The Balaban J connectivity index is 2.04. The Morgan fingerprint density at radius 3 is 2.70 bits per heavy atom. The lowest BCUT2D eigenvalue weighted by molar-refractivity contribution is 0.172. The van der Waals surface area contributed by atoms with Crippen LogP contribution in [0.2, 0.25) is 0 Å². The lowest BCUT2D eigenvalue weighted by Crippen LogP contribution is -2.38. The van der Waals surface area contributed by atoms with E-state index in [0.717, 1.165) is 37.6 Å². The first-order valence-corrected chi connectivity index (χ1v) is 7.35. The van der Waals surface area contributed by atoms with Crippen LogP contribution in [-0.2, 0) is 6.54 Å². The Hall–Kier alpha value is -1.26. The van der Waals surface area contributed by atoms with Crippen molar-refractivity contribution in [2.45, 2.75) is 33.7 Å². The first-order valence-electron chi connectivity index (χ1n) is 7.35. The average Bonchev–Trinajstić information content (AvgIpc) is 2.86. The van der Waals surface area contributed by atoms with Gasteiger partial charge in [0.2, 0.25) is 6.79 Å². The van der Waals surface area contributed by atoms with Gasteiger partial charge in [0.25, 0.3) is 0 Å². The van der Waals surface area contributed by atoms with Crippen molar-refractivity contribution in [3.63, 3.8) is 0 Å². The highest BCUT2D eigenvalue weighted by Crippen LogP contribution is 2.33. The zero-order chi connectivity index (χ0) is 14.6. The molecule has 0 spiro atoms. The molecule has 0 atom stereocenters. The molecule has 2 N–H and O–H groups in total. The third kappa shape index (κ3) is 3.87. The average molecular weight is 278 g/mol. The van der Waals surface area contributed by atoms with Crippen LogP contribution < -0.4 is 15.2 Å². The predicted molar refractivity (Wildman–Crippen MR) is 81.0 cm³/mol. The van der Waals surface area contributed by atoms with E-state index >= 15 is 0 Å². The van der Waals surface area contributed by atoms with Crippen molar-refractivity contribution in [2.75, 3.05) is 26.4 Å². The minimum absolute atomic E-state index is 0.144. The lowest BCUT2D eigenvalue weighted by atomic mass is 9.93. The highest BCUT2D eigenvalue weighted by atomic mass is 16.7. The van der Waals surface area contributed by atoms with Gasteiger partial charge in [-0.15, -0.1) is 0 Å². The standard InChI is InChI=1S/C16H26N2O2/c1-4-7-18(11-16(2,3)10-17)9-13-5-6-14-15(8-13)20-12-19-14/h5-6,8H,4,7,9-12,17H2,1-3H3. The minimum Gasteiger partial charge on any atom is -0.454 e. The fraction of sp³-hybridized carbons (Fsp3) is 0.625. The van der Waals surface area contributed by atoms with Gasteiger partial charge in [-0.05, 0) is 42.6 Å². The number of rotatable bonds is 7. The molecule has 1 aliphatic heterocycles. The Kier molecular flexibility index (Phi) is 4.89. The summed E-state index contributed by atoms with van der Waals surface area (Å²) in [6.07, 6.45) is 1.14. The van der Waals surface area contributed by atoms with Crippen molar-refractivity contribution in [1.29, 1.82) is 0 Å². The van der Waals surface area contributed by atoms with E-state index in [1.165, 1.54) is 5.56 Å². The molecule has 0 aromatic heterocycles. The molecule has 0 radical (unpaired) electrons. The van der Waals surface area contributed by atoms with Gasteiger partial charge in [0.1, 0.15) is 0 Å². The Bertz CT molecular complexity index is 446. The highest BCUT2D eigenvalue weighted by molar-refractivity contribution is 5.44. The van der Waals surface area contributed by atoms with Crippen LogP contribution in [0.15, 0.2) is 18.2 Å². The van der Waals surface area contributed by atoms with Gasteiger partial charge in [-0.3, -0.25) is 4.90 Å². The first kappa shape index (κ1) is 15.1. The summed E-state index contributed by atoms with van der Waals surface area (Å²) in [6, 6.07) is 6.20. The van der Waals surface area contributed by atoms with Crippen molar-refractivity contribution in [3.05, 3.63) is 23.8 Å². The smallest absolute Gasteiger partial charge is 0.231 e. The van der Waals surface area contributed by atoms with E-state index in [1.54, 1.807) is 0 Å². The molecule has 0 fully saturated rings. The summed E-state index contributed by atoms with van der Waals surface area (Å²) in [5, 5.41) is 0. The van der Waals surface area contributed by atoms with Crippen LogP contribution in [0.3, 0.4) is 0 Å². The number of hydrogen-bond acceptors (Lipinski definition) is 4. The summed E-state index contributed by atoms with van der Waals surface area (Å²) in [7, 11) is 0. The van der Waals surface area contributed by atoms with Crippen LogP contribution in [-0.4, -0.2) is 31.3 Å². The fourth-order valence-electron chi connectivity index (χ4n) is 2.50. The van der Waals surface area contributed by atoms with Crippen molar-refractivity contribution in [3.8, 4) is 11.5 Å². The number of hydrogen-bond donors (Lipinski definition) is 1. The predicted octanol–water partition coefficient (Wildman–Crippen LogP) is 2.61. The second-order valence-corrected chi connectivity index (χ2v) is 6.27. The number of benzene rings is 1. The molecular weight excluding hydrogens is 252 g/mol. The summed E-state index contributed by atoms with van der Waals surface area (Å²) in [5.41, 5.74) is 7.26. The van der Waals surface area contributed by atoms with E-state index in [9.17, 15) is 0 Å². The first-order chi connectivity index (χ1) is 9.54. The Morgan fingerprint density at radius 1 is 1.25 bits per heavy atom. The maximum absolute atomic E-state index is 5.85. The highest BCUT2D eigenvalue weighted by Gasteiger charge is 2.21. The summed E-state index contributed by atoms with van der Waals surface area (Å²) >= 11 is 0. The minimum atomic E-state index is 0.144. The SMILES string of the molecule is CCCN(Cc1ccc2c(c1)OCO2)CC(C)(C)CN. The van der Waals surface area contributed by atoms with Crippen LogP contribution >= 0.6 is 0 Å². The summed E-state index contributed by atoms with van der Waals surface area (Å²) in [4.78, 5) is 2.46. The molecule has 1 aliphatic rings. The molecule has 0 amide bonds. The third-order valence-corrected chi connectivity index (χ3v) is 3.59. The van der Waals surface area contributed by atoms with E-state index < -0.39 is 0 Å². The van der Waals surface area contributed by atoms with Crippen LogP contribution in [0.4, 0.5) is 0 Å². The van der Waals surface area contributed by atoms with Gasteiger partial charge in [0.15, 0.2) is 11.5 Å². The second-order valence-electron chi connectivity index (χ2n) is 6.27. The van der Waals surface area contributed by atoms with Crippen molar-refractivity contribution in [2.24, 2.45) is 11.1 Å². The molecule has 1 heterocycles. The van der Waals surface area contributed by atoms with Crippen LogP contribution in [0.25, 0.3) is 0 Å². The van der Waals surface area contributed by atoms with Gasteiger partial charge in [0.05, 0.1) is 0 Å². The molecular formula is C16H26N2O2. The fourth-order valence-corrected chi connectivity index (χ4v) is 2.50. The van der Waals surface area contributed by atoms with Crippen LogP contribution in [0.5, 0.6) is 11.5 Å². The third-order valence-electron chi connectivity index (χ3n) is 3.59. The molecule has 1 aromatic carbocycles. The largest absolute Gasteiger partial charge is 0.454 e. The normalized spacial score (nSPS) is 14.1. The molecule has 0 bridgehead atoms. The molecule has 0 unspecified atom stereocenters. The van der Waals surface area contributed by atoms with E-state index in [2.05, 4.69) is 37.8 Å². The molecule has 0 aliphatic carbocycles. The van der Waals surface area contributed by atoms with Crippen LogP contribution in [0, 0.1) is 5.41 Å². The maximum Gasteiger partial charge on any atom is 0.231 e.